The molecule has 2 aromatic carbocycles. The van der Waals surface area contributed by atoms with Crippen molar-refractivity contribution in [3.05, 3.63) is 60.7 Å². The second-order valence-corrected chi connectivity index (χ2v) is 12.8. The fourth-order valence-corrected chi connectivity index (χ4v) is 5.66. The third-order valence-electron chi connectivity index (χ3n) is 7.43. The fourth-order valence-electron chi connectivity index (χ4n) is 5.66. The molecule has 48 heavy (non-hydrogen) atoms. The third-order valence-corrected chi connectivity index (χ3v) is 7.43. The molecule has 2 fully saturated rings. The van der Waals surface area contributed by atoms with Crippen LogP contribution in [0.25, 0.3) is 0 Å². The van der Waals surface area contributed by atoms with Gasteiger partial charge in [0.25, 0.3) is 0 Å². The molecule has 2 aliphatic rings. The number of benzene rings is 2. The first-order valence-electron chi connectivity index (χ1n) is 16.5. The highest BCUT2D eigenvalue weighted by Crippen LogP contribution is 2.47. The van der Waals surface area contributed by atoms with Crippen molar-refractivity contribution in [1.29, 1.82) is 0 Å². The predicted molar refractivity (Wildman–Crippen MR) is 182 cm³/mol. The molecule has 0 radical (unpaired) electrons. The Morgan fingerprint density at radius 1 is 0.833 bits per heavy atom. The summed E-state index contributed by atoms with van der Waals surface area (Å²) < 4.78 is 14.7. The summed E-state index contributed by atoms with van der Waals surface area (Å²) in [4.78, 5) is 49.8. The van der Waals surface area contributed by atoms with Crippen molar-refractivity contribution in [1.82, 2.24) is 0 Å². The number of esters is 1. The first-order chi connectivity index (χ1) is 23.1. The van der Waals surface area contributed by atoms with E-state index in [1.165, 1.54) is 0 Å². The van der Waals surface area contributed by atoms with E-state index in [2.05, 4.69) is 30.8 Å². The average Bonchev–Trinajstić information content (AvgIpc) is 3.30. The molecule has 11 heteroatoms. The van der Waals surface area contributed by atoms with Gasteiger partial charge in [0.1, 0.15) is 11.5 Å². The van der Waals surface area contributed by atoms with Gasteiger partial charge in [-0.3, -0.25) is 4.79 Å². The Bertz CT molecular complexity index is 1200. The molecule has 11 nitrogen and oxygen atoms in total. The van der Waals surface area contributed by atoms with E-state index < -0.39 is 6.16 Å². The van der Waals surface area contributed by atoms with Gasteiger partial charge in [-0.1, -0.05) is 70.0 Å². The number of unbranched alkanes of at least 4 members (excludes halogenated alkanes) is 3. The van der Waals surface area contributed by atoms with E-state index in [0.29, 0.717) is 31.1 Å². The van der Waals surface area contributed by atoms with Crippen molar-refractivity contribution in [2.24, 2.45) is 20.8 Å². The molecule has 1 saturated heterocycles. The summed E-state index contributed by atoms with van der Waals surface area (Å²) in [5.74, 6) is 0.898. The number of hydrogen-bond donors (Lipinski definition) is 2. The number of aliphatic imine (C=N–C) groups is 2. The van der Waals surface area contributed by atoms with Crippen LogP contribution in [0.3, 0.4) is 0 Å². The van der Waals surface area contributed by atoms with Gasteiger partial charge >= 0.3 is 12.1 Å². The standard InChI is InChI=1S/C13H10O3.C12H18N2O2.C6H10O2.C6H14O2/c14-13(15-11-7-3-1-4-8-11)16-12-9-5-2-6-10-12;1-11(2)4-10(14-9-16)5-12(3,6-11)7-13-8-15;7-6-4-2-1-3-5-8-6;7-5-3-1-2-4-6-8/h1-10H;10H,4-7H2,1-3H3;1-5H2;7-8H,1-6H2. The molecule has 1 heterocycles. The van der Waals surface area contributed by atoms with Crippen LogP contribution in [0.2, 0.25) is 0 Å². The number of carbonyl (C=O) groups is 2. The van der Waals surface area contributed by atoms with Crippen LogP contribution in [0.15, 0.2) is 70.6 Å². The van der Waals surface area contributed by atoms with E-state index >= 15 is 0 Å². The van der Waals surface area contributed by atoms with E-state index in [9.17, 15) is 19.2 Å². The Kier molecular flexibility index (Phi) is 21.8. The molecular weight excluding hydrogens is 616 g/mol. The molecule has 2 aromatic rings. The molecule has 0 bridgehead atoms. The van der Waals surface area contributed by atoms with Gasteiger partial charge in [-0.05, 0) is 86.5 Å². The lowest BCUT2D eigenvalue weighted by Gasteiger charge is -2.44. The minimum Gasteiger partial charge on any atom is -0.466 e. The van der Waals surface area contributed by atoms with E-state index in [0.717, 1.165) is 64.2 Å². The number of aliphatic hydroxyl groups is 2. The highest BCUT2D eigenvalue weighted by molar-refractivity contribution is 5.69. The van der Waals surface area contributed by atoms with Gasteiger partial charge < -0.3 is 24.4 Å². The van der Waals surface area contributed by atoms with Crippen LogP contribution in [-0.2, 0) is 19.1 Å². The van der Waals surface area contributed by atoms with Gasteiger partial charge in [-0.15, -0.1) is 0 Å². The summed E-state index contributed by atoms with van der Waals surface area (Å²) in [6, 6.07) is 17.6. The van der Waals surface area contributed by atoms with Crippen molar-refractivity contribution < 1.29 is 43.6 Å². The number of isocyanates is 2. The van der Waals surface area contributed by atoms with Gasteiger partial charge in [0, 0.05) is 19.6 Å². The lowest BCUT2D eigenvalue weighted by Crippen LogP contribution is -2.39. The quantitative estimate of drug-likeness (QED) is 0.0881. The molecule has 4 rings (SSSR count). The zero-order valence-electron chi connectivity index (χ0n) is 28.6. The molecule has 1 aliphatic carbocycles. The number of ether oxygens (including phenoxy) is 3. The number of carbonyl (C=O) groups excluding carboxylic acids is 4. The lowest BCUT2D eigenvalue weighted by molar-refractivity contribution is -0.142. The normalized spacial score (nSPS) is 19.2. The van der Waals surface area contributed by atoms with E-state index in [1.54, 1.807) is 60.7 Å². The van der Waals surface area contributed by atoms with Crippen LogP contribution in [0.5, 0.6) is 11.5 Å². The lowest BCUT2D eigenvalue weighted by atomic mass is 9.63. The SMILES string of the molecule is CC1(C)CC(N=C=O)CC(C)(CN=C=O)C1.O=C(Oc1ccccc1)Oc1ccccc1.O=C1CCCCCO1.OCCCCCCO. The smallest absolute Gasteiger partial charge is 0.466 e. The van der Waals surface area contributed by atoms with Crippen molar-refractivity contribution >= 4 is 24.3 Å². The number of hydrogen-bond acceptors (Lipinski definition) is 11. The van der Waals surface area contributed by atoms with Crippen LogP contribution >= 0.6 is 0 Å². The second kappa shape index (κ2) is 25.0. The summed E-state index contributed by atoms with van der Waals surface area (Å²) in [6.45, 7) is 8.06. The first-order valence-corrected chi connectivity index (χ1v) is 16.5. The van der Waals surface area contributed by atoms with Crippen LogP contribution in [-0.4, -0.2) is 66.9 Å². The van der Waals surface area contributed by atoms with Crippen LogP contribution in [0.4, 0.5) is 4.79 Å². The van der Waals surface area contributed by atoms with Crippen LogP contribution in [0.1, 0.15) is 91.4 Å². The molecule has 1 aliphatic heterocycles. The molecule has 2 unspecified atom stereocenters. The van der Waals surface area contributed by atoms with Gasteiger partial charge in [-0.2, -0.15) is 0 Å². The number of rotatable bonds is 10. The molecule has 2 N–H and O–H groups in total. The minimum atomic E-state index is -0.739. The summed E-state index contributed by atoms with van der Waals surface area (Å²) in [5.41, 5.74) is 0.0561. The highest BCUT2D eigenvalue weighted by Gasteiger charge is 2.41. The summed E-state index contributed by atoms with van der Waals surface area (Å²) >= 11 is 0. The highest BCUT2D eigenvalue weighted by atomic mass is 16.7. The zero-order chi connectivity index (χ0) is 35.5. The van der Waals surface area contributed by atoms with Gasteiger partial charge in [0.2, 0.25) is 12.2 Å². The Labute approximate surface area is 284 Å². The maximum Gasteiger partial charge on any atom is 0.519 e. The predicted octanol–water partition coefficient (Wildman–Crippen LogP) is 7.14. The number of aliphatic hydroxyl groups excluding tert-OH is 2. The monoisotopic (exact) mass is 668 g/mol. The summed E-state index contributed by atoms with van der Waals surface area (Å²) in [7, 11) is 0. The molecule has 0 amide bonds. The molecule has 264 valence electrons. The minimum absolute atomic E-state index is 0.00750. The van der Waals surface area contributed by atoms with Crippen molar-refractivity contribution in [3.8, 4) is 11.5 Å². The van der Waals surface area contributed by atoms with Gasteiger partial charge in [0.05, 0.1) is 19.2 Å². The summed E-state index contributed by atoms with van der Waals surface area (Å²) in [5, 5.41) is 16.6. The summed E-state index contributed by atoms with van der Waals surface area (Å²) in [6.07, 6.45) is 12.8. The average molecular weight is 669 g/mol. The Hall–Kier alpha value is -4.14. The maximum atomic E-state index is 11.3. The Balaban J connectivity index is 0.000000337. The molecule has 2 atom stereocenters. The molecule has 1 saturated carbocycles. The third kappa shape index (κ3) is 20.9. The number of nitrogens with zero attached hydrogens (tertiary/aromatic N) is 2. The largest absolute Gasteiger partial charge is 0.519 e. The van der Waals surface area contributed by atoms with E-state index in [1.807, 2.05) is 12.1 Å². The molecule has 0 spiro atoms. The Morgan fingerprint density at radius 2 is 1.40 bits per heavy atom. The topological polar surface area (TPSA) is 161 Å². The fraction of sp³-hybridized carbons (Fsp3) is 0.568. The van der Waals surface area contributed by atoms with Gasteiger partial charge in [-0.25, -0.2) is 24.4 Å². The van der Waals surface area contributed by atoms with Crippen molar-refractivity contribution in [2.75, 3.05) is 26.4 Å². The first kappa shape index (κ1) is 41.9. The van der Waals surface area contributed by atoms with Crippen molar-refractivity contribution in [2.45, 2.75) is 97.4 Å². The molecule has 0 aromatic heterocycles. The second-order valence-electron chi connectivity index (χ2n) is 12.8. The van der Waals surface area contributed by atoms with E-state index in [4.69, 9.17) is 24.4 Å². The Morgan fingerprint density at radius 3 is 1.90 bits per heavy atom. The number of para-hydroxylation sites is 2. The number of cyclic esters (lactones) is 1. The zero-order valence-corrected chi connectivity index (χ0v) is 28.6. The van der Waals surface area contributed by atoms with Crippen LogP contribution < -0.4 is 9.47 Å². The van der Waals surface area contributed by atoms with Crippen LogP contribution in [0, 0.1) is 10.8 Å². The van der Waals surface area contributed by atoms with Crippen molar-refractivity contribution in [3.63, 3.8) is 0 Å². The molecular formula is C37H52N2O9. The van der Waals surface area contributed by atoms with E-state index in [-0.39, 0.29) is 36.1 Å². The maximum absolute atomic E-state index is 11.3. The van der Waals surface area contributed by atoms with Gasteiger partial charge in [0.15, 0.2) is 0 Å².